The molecule has 3 rings (SSSR count). The van der Waals surface area contributed by atoms with Gasteiger partial charge in [-0.2, -0.15) is 0 Å². The highest BCUT2D eigenvalue weighted by Crippen LogP contribution is 2.20. The van der Waals surface area contributed by atoms with Crippen molar-refractivity contribution in [1.82, 2.24) is 15.2 Å². The van der Waals surface area contributed by atoms with Crippen LogP contribution in [0.15, 0.2) is 42.6 Å². The van der Waals surface area contributed by atoms with Gasteiger partial charge in [0.2, 0.25) is 11.8 Å². The maximum absolute atomic E-state index is 12.7. The van der Waals surface area contributed by atoms with Crippen LogP contribution in [0.1, 0.15) is 35.7 Å². The summed E-state index contributed by atoms with van der Waals surface area (Å²) >= 11 is 5.89. The van der Waals surface area contributed by atoms with E-state index in [9.17, 15) is 9.59 Å². The van der Waals surface area contributed by atoms with E-state index in [1.54, 1.807) is 35.4 Å². The van der Waals surface area contributed by atoms with Gasteiger partial charge in [-0.1, -0.05) is 17.7 Å². The van der Waals surface area contributed by atoms with Gasteiger partial charge in [0, 0.05) is 42.0 Å². The molecular formula is C21H24ClN3O3. The number of ether oxygens (including phenoxy) is 1. The van der Waals surface area contributed by atoms with E-state index >= 15 is 0 Å². The second-order valence-corrected chi connectivity index (χ2v) is 7.15. The van der Waals surface area contributed by atoms with Crippen molar-refractivity contribution in [3.8, 4) is 5.88 Å². The van der Waals surface area contributed by atoms with Crippen LogP contribution < -0.4 is 10.1 Å². The molecule has 1 aromatic carbocycles. The predicted octanol–water partition coefficient (Wildman–Crippen LogP) is 3.30. The number of aromatic nitrogens is 1. The van der Waals surface area contributed by atoms with Crippen LogP contribution in [-0.4, -0.2) is 41.4 Å². The van der Waals surface area contributed by atoms with E-state index in [-0.39, 0.29) is 17.7 Å². The molecule has 2 heterocycles. The van der Waals surface area contributed by atoms with Crippen molar-refractivity contribution in [2.45, 2.75) is 26.3 Å². The molecule has 1 atom stereocenters. The van der Waals surface area contributed by atoms with E-state index in [1.165, 1.54) is 0 Å². The Balaban J connectivity index is 1.58. The van der Waals surface area contributed by atoms with Gasteiger partial charge in [0.05, 0.1) is 12.5 Å². The molecule has 6 nitrogen and oxygen atoms in total. The van der Waals surface area contributed by atoms with Gasteiger partial charge >= 0.3 is 0 Å². The Hall–Kier alpha value is -2.60. The second kappa shape index (κ2) is 9.55. The fourth-order valence-corrected chi connectivity index (χ4v) is 3.43. The van der Waals surface area contributed by atoms with Crippen molar-refractivity contribution in [3.63, 3.8) is 0 Å². The molecular weight excluding hydrogens is 378 g/mol. The number of halogens is 1. The fraction of sp³-hybridized carbons (Fsp3) is 0.381. The standard InChI is InChI=1S/C21H24ClN3O3/c1-2-28-20-16(5-3-11-23-20)13-24-19(26)17-6-4-12-25(14-17)21(27)15-7-9-18(22)10-8-15/h3,5,7-11,17H,2,4,6,12-14H2,1H3,(H,24,26). The number of carbonyl (C=O) groups is 2. The minimum absolute atomic E-state index is 0.0556. The molecule has 1 saturated heterocycles. The molecule has 7 heteroatoms. The van der Waals surface area contributed by atoms with Gasteiger partial charge in [-0.25, -0.2) is 4.98 Å². The molecule has 1 N–H and O–H groups in total. The van der Waals surface area contributed by atoms with Gasteiger partial charge in [-0.05, 0) is 50.1 Å². The van der Waals surface area contributed by atoms with Crippen molar-refractivity contribution in [3.05, 3.63) is 58.7 Å². The molecule has 0 radical (unpaired) electrons. The Morgan fingerprint density at radius 3 is 2.82 bits per heavy atom. The third-order valence-corrected chi connectivity index (χ3v) is 5.01. The number of benzene rings is 1. The second-order valence-electron chi connectivity index (χ2n) is 6.72. The lowest BCUT2D eigenvalue weighted by Gasteiger charge is -2.32. The van der Waals surface area contributed by atoms with E-state index in [4.69, 9.17) is 16.3 Å². The third kappa shape index (κ3) is 5.01. The number of hydrogen-bond acceptors (Lipinski definition) is 4. The Morgan fingerprint density at radius 1 is 1.29 bits per heavy atom. The summed E-state index contributed by atoms with van der Waals surface area (Å²) in [5, 5.41) is 3.55. The lowest BCUT2D eigenvalue weighted by Crippen LogP contribution is -2.45. The number of piperidine rings is 1. The fourth-order valence-electron chi connectivity index (χ4n) is 3.30. The molecule has 2 aromatic rings. The zero-order valence-electron chi connectivity index (χ0n) is 15.9. The van der Waals surface area contributed by atoms with Crippen molar-refractivity contribution in [1.29, 1.82) is 0 Å². The number of nitrogens with one attached hydrogen (secondary N) is 1. The summed E-state index contributed by atoms with van der Waals surface area (Å²) in [6.07, 6.45) is 3.23. The van der Waals surface area contributed by atoms with Crippen LogP contribution in [0.2, 0.25) is 5.02 Å². The summed E-state index contributed by atoms with van der Waals surface area (Å²) in [4.78, 5) is 31.3. The van der Waals surface area contributed by atoms with Gasteiger partial charge in [-0.15, -0.1) is 0 Å². The number of amides is 2. The molecule has 1 fully saturated rings. The van der Waals surface area contributed by atoms with Gasteiger partial charge in [0.25, 0.3) is 5.91 Å². The lowest BCUT2D eigenvalue weighted by atomic mass is 9.96. The average molecular weight is 402 g/mol. The molecule has 1 aliphatic rings. The monoisotopic (exact) mass is 401 g/mol. The summed E-state index contributed by atoms with van der Waals surface area (Å²) in [5.74, 6) is 0.186. The SMILES string of the molecule is CCOc1ncccc1CNC(=O)C1CCCN(C(=O)c2ccc(Cl)cc2)C1. The van der Waals surface area contributed by atoms with Crippen LogP contribution in [0.4, 0.5) is 0 Å². The number of rotatable bonds is 6. The maximum Gasteiger partial charge on any atom is 0.253 e. The summed E-state index contributed by atoms with van der Waals surface area (Å²) in [7, 11) is 0. The summed E-state index contributed by atoms with van der Waals surface area (Å²) in [6.45, 7) is 3.83. The van der Waals surface area contributed by atoms with Crippen molar-refractivity contribution in [2.24, 2.45) is 5.92 Å². The number of pyridine rings is 1. The first-order valence-electron chi connectivity index (χ1n) is 9.47. The van der Waals surface area contributed by atoms with Gasteiger partial charge in [0.1, 0.15) is 0 Å². The van der Waals surface area contributed by atoms with Crippen LogP contribution in [0, 0.1) is 5.92 Å². The Bertz CT molecular complexity index is 826. The zero-order chi connectivity index (χ0) is 19.9. The Labute approximate surface area is 169 Å². The van der Waals surface area contributed by atoms with Crippen LogP contribution in [0.25, 0.3) is 0 Å². The quantitative estimate of drug-likeness (QED) is 0.806. The largest absolute Gasteiger partial charge is 0.478 e. The minimum Gasteiger partial charge on any atom is -0.478 e. The highest BCUT2D eigenvalue weighted by atomic mass is 35.5. The number of carbonyl (C=O) groups excluding carboxylic acids is 2. The van der Waals surface area contributed by atoms with E-state index in [1.807, 2.05) is 19.1 Å². The third-order valence-electron chi connectivity index (χ3n) is 4.75. The molecule has 2 amide bonds. The number of nitrogens with zero attached hydrogens (tertiary/aromatic N) is 2. The smallest absolute Gasteiger partial charge is 0.253 e. The highest BCUT2D eigenvalue weighted by Gasteiger charge is 2.29. The predicted molar refractivity (Wildman–Crippen MR) is 107 cm³/mol. The van der Waals surface area contributed by atoms with Crippen LogP contribution in [-0.2, 0) is 11.3 Å². The van der Waals surface area contributed by atoms with Gasteiger partial charge in [0.15, 0.2) is 0 Å². The first kappa shape index (κ1) is 20.1. The van der Waals surface area contributed by atoms with Crippen LogP contribution in [0.3, 0.4) is 0 Å². The molecule has 0 saturated carbocycles. The van der Waals surface area contributed by atoms with E-state index in [2.05, 4.69) is 10.3 Å². The highest BCUT2D eigenvalue weighted by molar-refractivity contribution is 6.30. The summed E-state index contributed by atoms with van der Waals surface area (Å²) in [5.41, 5.74) is 1.42. The maximum atomic E-state index is 12.7. The lowest BCUT2D eigenvalue weighted by molar-refractivity contribution is -0.126. The molecule has 28 heavy (non-hydrogen) atoms. The van der Waals surface area contributed by atoms with E-state index < -0.39 is 0 Å². The average Bonchev–Trinajstić information content (AvgIpc) is 2.73. The summed E-state index contributed by atoms with van der Waals surface area (Å²) < 4.78 is 5.50. The summed E-state index contributed by atoms with van der Waals surface area (Å²) in [6, 6.07) is 10.5. The van der Waals surface area contributed by atoms with Gasteiger partial charge in [-0.3, -0.25) is 9.59 Å². The van der Waals surface area contributed by atoms with Crippen molar-refractivity contribution >= 4 is 23.4 Å². The molecule has 1 aromatic heterocycles. The molecule has 148 valence electrons. The number of hydrogen-bond donors (Lipinski definition) is 1. The van der Waals surface area contributed by atoms with Crippen LogP contribution in [0.5, 0.6) is 5.88 Å². The Morgan fingerprint density at radius 2 is 2.07 bits per heavy atom. The molecule has 0 spiro atoms. The van der Waals surface area contributed by atoms with Gasteiger partial charge < -0.3 is 15.0 Å². The normalized spacial score (nSPS) is 16.5. The first-order valence-corrected chi connectivity index (χ1v) is 9.85. The van der Waals surface area contributed by atoms with Crippen LogP contribution >= 0.6 is 11.6 Å². The first-order chi connectivity index (χ1) is 13.6. The minimum atomic E-state index is -0.225. The van der Waals surface area contributed by atoms with E-state index in [0.717, 1.165) is 18.4 Å². The number of likely N-dealkylation sites (tertiary alicyclic amines) is 1. The van der Waals surface area contributed by atoms with Crippen molar-refractivity contribution in [2.75, 3.05) is 19.7 Å². The molecule has 0 aliphatic carbocycles. The van der Waals surface area contributed by atoms with Crippen molar-refractivity contribution < 1.29 is 14.3 Å². The zero-order valence-corrected chi connectivity index (χ0v) is 16.6. The topological polar surface area (TPSA) is 71.5 Å². The Kier molecular flexibility index (Phi) is 6.87. The molecule has 0 bridgehead atoms. The molecule has 1 unspecified atom stereocenters. The molecule has 1 aliphatic heterocycles. The van der Waals surface area contributed by atoms with E-state index in [0.29, 0.717) is 42.7 Å².